The van der Waals surface area contributed by atoms with Crippen molar-refractivity contribution in [2.45, 2.75) is 38.8 Å². The second-order valence-corrected chi connectivity index (χ2v) is 4.43. The predicted molar refractivity (Wildman–Crippen MR) is 56.6 cm³/mol. The van der Waals surface area contributed by atoms with Crippen LogP contribution in [0.3, 0.4) is 0 Å². The molecule has 0 radical (unpaired) electrons. The fourth-order valence-corrected chi connectivity index (χ4v) is 1.62. The Morgan fingerprint density at radius 2 is 1.86 bits per heavy atom. The van der Waals surface area contributed by atoms with Crippen LogP contribution in [0.15, 0.2) is 0 Å². The number of amides is 1. The van der Waals surface area contributed by atoms with Crippen molar-refractivity contribution in [3.05, 3.63) is 0 Å². The highest BCUT2D eigenvalue weighted by atomic mass is 16.2. The van der Waals surface area contributed by atoms with Crippen LogP contribution in [0.5, 0.6) is 0 Å². The Morgan fingerprint density at radius 3 is 2.29 bits per heavy atom. The molecule has 4 nitrogen and oxygen atoms in total. The van der Waals surface area contributed by atoms with E-state index in [0.717, 1.165) is 25.9 Å². The van der Waals surface area contributed by atoms with Gasteiger partial charge < -0.3 is 16.4 Å². The number of hydrogen-bond acceptors (Lipinski definition) is 3. The predicted octanol–water partition coefficient (Wildman–Crippen LogP) is -0.0806. The van der Waals surface area contributed by atoms with E-state index >= 15 is 0 Å². The molecule has 82 valence electrons. The SMILES string of the molecule is CC(C)[C@H](N)C(=O)N1CCC(N)CC1. The summed E-state index contributed by atoms with van der Waals surface area (Å²) in [7, 11) is 0. The van der Waals surface area contributed by atoms with E-state index in [0.29, 0.717) is 0 Å². The second kappa shape index (κ2) is 4.75. The summed E-state index contributed by atoms with van der Waals surface area (Å²) in [5, 5.41) is 0. The van der Waals surface area contributed by atoms with E-state index in [4.69, 9.17) is 11.5 Å². The van der Waals surface area contributed by atoms with E-state index in [2.05, 4.69) is 0 Å². The van der Waals surface area contributed by atoms with E-state index in [1.807, 2.05) is 18.7 Å². The molecule has 1 atom stereocenters. The van der Waals surface area contributed by atoms with Crippen molar-refractivity contribution in [1.82, 2.24) is 4.90 Å². The average molecular weight is 199 g/mol. The lowest BCUT2D eigenvalue weighted by Crippen LogP contribution is -2.50. The zero-order valence-corrected chi connectivity index (χ0v) is 9.07. The van der Waals surface area contributed by atoms with Gasteiger partial charge >= 0.3 is 0 Å². The van der Waals surface area contributed by atoms with Gasteiger partial charge in [-0.25, -0.2) is 0 Å². The highest BCUT2D eigenvalue weighted by Crippen LogP contribution is 2.11. The largest absolute Gasteiger partial charge is 0.341 e. The van der Waals surface area contributed by atoms with Gasteiger partial charge in [0.15, 0.2) is 0 Å². The van der Waals surface area contributed by atoms with Crippen LogP contribution in [0.4, 0.5) is 0 Å². The van der Waals surface area contributed by atoms with Gasteiger partial charge in [0.1, 0.15) is 0 Å². The molecule has 1 aliphatic heterocycles. The maximum atomic E-state index is 11.8. The van der Waals surface area contributed by atoms with Gasteiger partial charge in [-0.1, -0.05) is 13.8 Å². The minimum Gasteiger partial charge on any atom is -0.341 e. The first-order valence-corrected chi connectivity index (χ1v) is 5.32. The molecule has 0 unspecified atom stereocenters. The van der Waals surface area contributed by atoms with E-state index in [1.165, 1.54) is 0 Å². The molecular formula is C10H21N3O. The van der Waals surface area contributed by atoms with Gasteiger partial charge in [-0.05, 0) is 18.8 Å². The quantitative estimate of drug-likeness (QED) is 0.653. The Labute approximate surface area is 85.6 Å². The molecule has 0 aromatic carbocycles. The Bertz CT molecular complexity index is 198. The van der Waals surface area contributed by atoms with Crippen molar-refractivity contribution in [1.29, 1.82) is 0 Å². The van der Waals surface area contributed by atoms with Crippen LogP contribution in [-0.2, 0) is 4.79 Å². The lowest BCUT2D eigenvalue weighted by molar-refractivity contribution is -0.134. The van der Waals surface area contributed by atoms with Gasteiger partial charge in [0, 0.05) is 19.1 Å². The van der Waals surface area contributed by atoms with Gasteiger partial charge in [-0.15, -0.1) is 0 Å². The van der Waals surface area contributed by atoms with Gasteiger partial charge in [0.25, 0.3) is 0 Å². The van der Waals surface area contributed by atoms with E-state index in [-0.39, 0.29) is 23.9 Å². The Balaban J connectivity index is 2.45. The van der Waals surface area contributed by atoms with E-state index < -0.39 is 0 Å². The molecule has 1 rings (SSSR count). The number of rotatable bonds is 2. The summed E-state index contributed by atoms with van der Waals surface area (Å²) in [5.74, 6) is 0.282. The molecule has 0 aromatic rings. The van der Waals surface area contributed by atoms with Crippen molar-refractivity contribution >= 4 is 5.91 Å². The molecule has 4 heteroatoms. The number of carbonyl (C=O) groups is 1. The van der Waals surface area contributed by atoms with Crippen molar-refractivity contribution in [3.8, 4) is 0 Å². The summed E-state index contributed by atoms with van der Waals surface area (Å²) in [6.45, 7) is 5.47. The number of nitrogens with zero attached hydrogens (tertiary/aromatic N) is 1. The number of hydrogen-bond donors (Lipinski definition) is 2. The summed E-state index contributed by atoms with van der Waals surface area (Å²) in [6, 6.07) is -0.0985. The number of nitrogens with two attached hydrogens (primary N) is 2. The first-order chi connectivity index (χ1) is 6.52. The van der Waals surface area contributed by atoms with Crippen LogP contribution >= 0.6 is 0 Å². The molecule has 1 amide bonds. The monoisotopic (exact) mass is 199 g/mol. The van der Waals surface area contributed by atoms with Crippen LogP contribution in [0, 0.1) is 5.92 Å². The average Bonchev–Trinajstić information content (AvgIpc) is 2.16. The lowest BCUT2D eigenvalue weighted by atomic mass is 10.0. The number of carbonyl (C=O) groups excluding carboxylic acids is 1. The Kier molecular flexibility index (Phi) is 3.89. The van der Waals surface area contributed by atoms with Crippen LogP contribution in [0.2, 0.25) is 0 Å². The van der Waals surface area contributed by atoms with Crippen LogP contribution in [-0.4, -0.2) is 36.0 Å². The molecule has 14 heavy (non-hydrogen) atoms. The standard InChI is InChI=1S/C10H21N3O/c1-7(2)9(12)10(14)13-5-3-8(11)4-6-13/h7-9H,3-6,11-12H2,1-2H3/t9-/m0/s1. The normalized spacial score (nSPS) is 21.4. The zero-order chi connectivity index (χ0) is 10.7. The van der Waals surface area contributed by atoms with Crippen molar-refractivity contribution in [2.75, 3.05) is 13.1 Å². The summed E-state index contributed by atoms with van der Waals surface area (Å²) in [4.78, 5) is 13.6. The maximum absolute atomic E-state index is 11.8. The third-order valence-corrected chi connectivity index (χ3v) is 2.85. The second-order valence-electron chi connectivity index (χ2n) is 4.43. The van der Waals surface area contributed by atoms with Crippen molar-refractivity contribution < 1.29 is 4.79 Å². The third-order valence-electron chi connectivity index (χ3n) is 2.85. The fraction of sp³-hybridized carbons (Fsp3) is 0.900. The Morgan fingerprint density at radius 1 is 1.36 bits per heavy atom. The molecule has 0 spiro atoms. The lowest BCUT2D eigenvalue weighted by Gasteiger charge is -2.32. The fourth-order valence-electron chi connectivity index (χ4n) is 1.62. The number of piperidine rings is 1. The first-order valence-electron chi connectivity index (χ1n) is 5.32. The first kappa shape index (κ1) is 11.5. The summed E-state index contributed by atoms with van der Waals surface area (Å²) < 4.78 is 0. The van der Waals surface area contributed by atoms with Gasteiger partial charge in [-0.2, -0.15) is 0 Å². The molecule has 0 aliphatic carbocycles. The van der Waals surface area contributed by atoms with Gasteiger partial charge in [0.2, 0.25) is 5.91 Å². The summed E-state index contributed by atoms with van der Waals surface area (Å²) in [5.41, 5.74) is 11.6. The van der Waals surface area contributed by atoms with Gasteiger partial charge in [-0.3, -0.25) is 4.79 Å². The summed E-state index contributed by atoms with van der Waals surface area (Å²) in [6.07, 6.45) is 1.80. The third kappa shape index (κ3) is 2.69. The summed E-state index contributed by atoms with van der Waals surface area (Å²) >= 11 is 0. The molecular weight excluding hydrogens is 178 g/mol. The number of likely N-dealkylation sites (tertiary alicyclic amines) is 1. The molecule has 4 N–H and O–H groups in total. The van der Waals surface area contributed by atoms with Crippen LogP contribution in [0.1, 0.15) is 26.7 Å². The highest BCUT2D eigenvalue weighted by molar-refractivity contribution is 5.82. The molecule has 1 saturated heterocycles. The van der Waals surface area contributed by atoms with Crippen LogP contribution in [0.25, 0.3) is 0 Å². The molecule has 0 bridgehead atoms. The molecule has 1 fully saturated rings. The molecule has 1 heterocycles. The minimum absolute atomic E-state index is 0.0758. The van der Waals surface area contributed by atoms with Crippen molar-refractivity contribution in [2.24, 2.45) is 17.4 Å². The molecule has 0 aromatic heterocycles. The molecule has 1 aliphatic rings. The maximum Gasteiger partial charge on any atom is 0.239 e. The zero-order valence-electron chi connectivity index (χ0n) is 9.07. The van der Waals surface area contributed by atoms with E-state index in [9.17, 15) is 4.79 Å². The van der Waals surface area contributed by atoms with E-state index in [1.54, 1.807) is 0 Å². The topological polar surface area (TPSA) is 72.4 Å². The smallest absolute Gasteiger partial charge is 0.239 e. The highest BCUT2D eigenvalue weighted by Gasteiger charge is 2.26. The Hall–Kier alpha value is -0.610. The minimum atomic E-state index is -0.357. The van der Waals surface area contributed by atoms with Crippen molar-refractivity contribution in [3.63, 3.8) is 0 Å². The van der Waals surface area contributed by atoms with Gasteiger partial charge in [0.05, 0.1) is 6.04 Å². The van der Waals surface area contributed by atoms with Crippen LogP contribution < -0.4 is 11.5 Å². The molecule has 0 saturated carbocycles.